The number of H-pyrrole nitrogens is 1. The second kappa shape index (κ2) is 9.34. The number of likely N-dealkylation sites (tertiary alicyclic amines) is 1. The van der Waals surface area contributed by atoms with E-state index in [9.17, 15) is 23.9 Å². The molecule has 11 nitrogen and oxygen atoms in total. The van der Waals surface area contributed by atoms with Crippen LogP contribution in [0.25, 0.3) is 11.0 Å². The molecule has 0 spiro atoms. The van der Waals surface area contributed by atoms with E-state index in [-0.39, 0.29) is 24.2 Å². The summed E-state index contributed by atoms with van der Waals surface area (Å²) >= 11 is 0. The van der Waals surface area contributed by atoms with Crippen LogP contribution in [0.4, 0.5) is 19.7 Å². The molecule has 1 aromatic heterocycles. The Kier molecular flexibility index (Phi) is 6.18. The number of carbonyl (C=O) groups excluding carboxylic acids is 2. The molecule has 0 bridgehead atoms. The zero-order valence-electron chi connectivity index (χ0n) is 20.5. The molecule has 37 heavy (non-hydrogen) atoms. The highest BCUT2D eigenvalue weighted by Crippen LogP contribution is 2.30. The van der Waals surface area contributed by atoms with Gasteiger partial charge in [0.1, 0.15) is 22.4 Å². The lowest BCUT2D eigenvalue weighted by Gasteiger charge is -2.41. The van der Waals surface area contributed by atoms with Crippen molar-refractivity contribution in [2.24, 2.45) is 0 Å². The van der Waals surface area contributed by atoms with Crippen LogP contribution in [0, 0.1) is 12.7 Å². The molecule has 4 N–H and O–H groups in total. The smallest absolute Gasteiger partial charge is 0.329 e. The summed E-state index contributed by atoms with van der Waals surface area (Å²) in [6.07, 6.45) is 1.12. The zero-order valence-corrected chi connectivity index (χ0v) is 20.5. The van der Waals surface area contributed by atoms with E-state index in [2.05, 4.69) is 26.0 Å². The van der Waals surface area contributed by atoms with Gasteiger partial charge in [0.2, 0.25) is 0 Å². The number of hydrogen-bond donors (Lipinski definition) is 4. The zero-order chi connectivity index (χ0) is 26.3. The highest BCUT2D eigenvalue weighted by Gasteiger charge is 2.38. The number of para-hydroxylation sites is 1. The van der Waals surface area contributed by atoms with E-state index in [4.69, 9.17) is 0 Å². The number of aromatic amines is 1. The van der Waals surface area contributed by atoms with Crippen molar-refractivity contribution in [1.82, 2.24) is 30.5 Å². The van der Waals surface area contributed by atoms with E-state index in [0.29, 0.717) is 49.1 Å². The fourth-order valence-electron chi connectivity index (χ4n) is 5.14. The van der Waals surface area contributed by atoms with Crippen molar-refractivity contribution in [3.63, 3.8) is 0 Å². The summed E-state index contributed by atoms with van der Waals surface area (Å²) in [6, 6.07) is 7.35. The maximum atomic E-state index is 14.0. The Morgan fingerprint density at radius 3 is 2.73 bits per heavy atom. The van der Waals surface area contributed by atoms with Gasteiger partial charge in [-0.2, -0.15) is 15.4 Å². The topological polar surface area (TPSA) is 144 Å². The molecule has 1 saturated heterocycles. The third-order valence-corrected chi connectivity index (χ3v) is 7.21. The molecule has 1 fully saturated rings. The quantitative estimate of drug-likeness (QED) is 0.416. The first-order chi connectivity index (χ1) is 17.6. The lowest BCUT2D eigenvalue weighted by Crippen LogP contribution is -2.59. The maximum absolute atomic E-state index is 14.0. The van der Waals surface area contributed by atoms with Crippen molar-refractivity contribution >= 4 is 34.8 Å². The Bertz CT molecular complexity index is 1380. The average molecular weight is 510 g/mol. The first kappa shape index (κ1) is 24.5. The molecule has 194 valence electrons. The average Bonchev–Trinajstić information content (AvgIpc) is 3.33. The van der Waals surface area contributed by atoms with Crippen molar-refractivity contribution in [2.75, 3.05) is 18.4 Å². The number of anilines is 1. The first-order valence-electron chi connectivity index (χ1n) is 12.1. The number of halogens is 1. The van der Waals surface area contributed by atoms with Gasteiger partial charge in [0.05, 0.1) is 5.69 Å². The number of hydrogen-bond acceptors (Lipinski definition) is 5. The van der Waals surface area contributed by atoms with Gasteiger partial charge in [0.15, 0.2) is 0 Å². The summed E-state index contributed by atoms with van der Waals surface area (Å²) in [5.74, 6) is -1.61. The monoisotopic (exact) mass is 509 g/mol. The summed E-state index contributed by atoms with van der Waals surface area (Å²) in [4.78, 5) is 41.2. The van der Waals surface area contributed by atoms with Crippen molar-refractivity contribution in [3.05, 3.63) is 52.8 Å². The number of carboxylic acid groups (broad SMARTS) is 1. The number of carbonyl (C=O) groups is 3. The van der Waals surface area contributed by atoms with Gasteiger partial charge in [-0.05, 0) is 55.5 Å². The van der Waals surface area contributed by atoms with Crippen LogP contribution in [0.5, 0.6) is 0 Å². The standard InChI is InChI=1S/C25H28FN7O4/c1-14-10-15(11-19-20(14)30-31-29-19)12-25(2,22(34)35)28-24(37)32-8-6-17(7-9-32)33-13-16-4-3-5-18(26)21(16)27-23(33)36/h3-5,10-11,17H,6-9,12-13H2,1-2H3,(H,27,36)(H,28,37)(H,34,35)(H,29,30,31)/t25-/m1/s1. The molecule has 0 radical (unpaired) electrons. The summed E-state index contributed by atoms with van der Waals surface area (Å²) in [5.41, 5.74) is 2.29. The second-order valence-electron chi connectivity index (χ2n) is 9.90. The number of fused-ring (bicyclic) bond motifs is 2. The van der Waals surface area contributed by atoms with Crippen LogP contribution < -0.4 is 10.6 Å². The van der Waals surface area contributed by atoms with Crippen LogP contribution in [0.15, 0.2) is 30.3 Å². The molecule has 0 unspecified atom stereocenters. The van der Waals surface area contributed by atoms with Crippen molar-refractivity contribution in [1.29, 1.82) is 0 Å². The van der Waals surface area contributed by atoms with E-state index >= 15 is 0 Å². The minimum Gasteiger partial charge on any atom is -0.480 e. The Morgan fingerprint density at radius 1 is 1.24 bits per heavy atom. The Balaban J connectivity index is 1.23. The molecule has 2 aliphatic rings. The van der Waals surface area contributed by atoms with Gasteiger partial charge in [-0.15, -0.1) is 0 Å². The largest absolute Gasteiger partial charge is 0.480 e. The van der Waals surface area contributed by atoms with Gasteiger partial charge in [0, 0.05) is 32.1 Å². The number of benzene rings is 2. The van der Waals surface area contributed by atoms with Crippen LogP contribution >= 0.6 is 0 Å². The third kappa shape index (κ3) is 4.66. The predicted molar refractivity (Wildman–Crippen MR) is 132 cm³/mol. The normalized spacial score (nSPS) is 17.8. The maximum Gasteiger partial charge on any atom is 0.329 e. The number of aryl methyl sites for hydroxylation is 1. The number of nitrogens with one attached hydrogen (secondary N) is 3. The van der Waals surface area contributed by atoms with Crippen LogP contribution in [-0.4, -0.2) is 73.0 Å². The SMILES string of the molecule is Cc1cc(C[C@@](C)(NC(=O)N2CCC(N3Cc4cccc(F)c4NC3=O)CC2)C(=O)O)cc2n[nH]nc12. The minimum atomic E-state index is -1.54. The molecule has 2 aromatic carbocycles. The number of aliphatic carboxylic acids is 1. The van der Waals surface area contributed by atoms with E-state index in [0.717, 1.165) is 11.1 Å². The molecule has 0 saturated carbocycles. The number of piperidine rings is 1. The van der Waals surface area contributed by atoms with E-state index in [1.54, 1.807) is 28.0 Å². The summed E-state index contributed by atoms with van der Waals surface area (Å²) in [7, 11) is 0. The number of aromatic nitrogens is 3. The molecule has 3 heterocycles. The summed E-state index contributed by atoms with van der Waals surface area (Å²) in [6.45, 7) is 4.36. The van der Waals surface area contributed by atoms with E-state index < -0.39 is 23.4 Å². The van der Waals surface area contributed by atoms with E-state index in [1.807, 2.05) is 13.0 Å². The number of amides is 4. The molecular formula is C25H28FN7O4. The molecule has 0 aliphatic carbocycles. The number of carboxylic acids is 1. The van der Waals surface area contributed by atoms with Crippen molar-refractivity contribution in [3.8, 4) is 0 Å². The molecule has 5 rings (SSSR count). The predicted octanol–water partition coefficient (Wildman–Crippen LogP) is 3.01. The fraction of sp³-hybridized carbons (Fsp3) is 0.400. The summed E-state index contributed by atoms with van der Waals surface area (Å²) < 4.78 is 14.0. The minimum absolute atomic E-state index is 0.0676. The van der Waals surface area contributed by atoms with Gasteiger partial charge < -0.3 is 25.5 Å². The summed E-state index contributed by atoms with van der Waals surface area (Å²) in [5, 5.41) is 26.1. The molecule has 3 aromatic rings. The van der Waals surface area contributed by atoms with Crippen LogP contribution in [0.2, 0.25) is 0 Å². The lowest BCUT2D eigenvalue weighted by atomic mass is 9.91. The van der Waals surface area contributed by atoms with Gasteiger partial charge in [-0.1, -0.05) is 18.2 Å². The lowest BCUT2D eigenvalue weighted by molar-refractivity contribution is -0.143. The first-order valence-corrected chi connectivity index (χ1v) is 12.1. The van der Waals surface area contributed by atoms with Crippen molar-refractivity contribution < 1.29 is 23.9 Å². The van der Waals surface area contributed by atoms with Gasteiger partial charge in [-0.25, -0.2) is 18.8 Å². The highest BCUT2D eigenvalue weighted by atomic mass is 19.1. The number of nitrogens with zero attached hydrogens (tertiary/aromatic N) is 4. The van der Waals surface area contributed by atoms with Crippen LogP contribution in [0.1, 0.15) is 36.5 Å². The fourth-order valence-corrected chi connectivity index (χ4v) is 5.14. The van der Waals surface area contributed by atoms with Crippen LogP contribution in [0.3, 0.4) is 0 Å². The highest BCUT2D eigenvalue weighted by molar-refractivity contribution is 5.92. The van der Waals surface area contributed by atoms with Gasteiger partial charge in [0.25, 0.3) is 0 Å². The molecule has 2 aliphatic heterocycles. The number of urea groups is 2. The van der Waals surface area contributed by atoms with Gasteiger partial charge >= 0.3 is 18.0 Å². The molecule has 12 heteroatoms. The van der Waals surface area contributed by atoms with Gasteiger partial charge in [-0.3, -0.25) is 0 Å². The Labute approximate surface area is 212 Å². The van der Waals surface area contributed by atoms with E-state index in [1.165, 1.54) is 13.0 Å². The second-order valence-corrected chi connectivity index (χ2v) is 9.90. The third-order valence-electron chi connectivity index (χ3n) is 7.21. The Hall–Kier alpha value is -4.22. The van der Waals surface area contributed by atoms with Crippen molar-refractivity contribution in [2.45, 2.75) is 51.2 Å². The molecular weight excluding hydrogens is 481 g/mol. The van der Waals surface area contributed by atoms with Crippen LogP contribution in [-0.2, 0) is 17.8 Å². The molecule has 4 amide bonds. The Morgan fingerprint density at radius 2 is 2.00 bits per heavy atom. The number of rotatable bonds is 5. The molecule has 1 atom stereocenters.